The topological polar surface area (TPSA) is 41.6 Å². The Hall–Kier alpha value is -2.59. The summed E-state index contributed by atoms with van der Waals surface area (Å²) in [6.45, 7) is 6.13. The average molecular weight is 364 g/mol. The number of hydrogen-bond acceptors (Lipinski definition) is 3. The highest BCUT2D eigenvalue weighted by Crippen LogP contribution is 2.24. The Morgan fingerprint density at radius 1 is 1.26 bits per heavy atom. The van der Waals surface area contributed by atoms with Gasteiger partial charge in [-0.05, 0) is 44.0 Å². The molecule has 0 bridgehead atoms. The van der Waals surface area contributed by atoms with Crippen molar-refractivity contribution in [3.8, 4) is 5.75 Å². The Balaban J connectivity index is 1.56. The molecule has 0 saturated carbocycles. The number of benzene rings is 2. The fourth-order valence-corrected chi connectivity index (χ4v) is 3.60. The van der Waals surface area contributed by atoms with Gasteiger partial charge in [0.2, 0.25) is 5.91 Å². The number of carbonyl (C=O) groups is 1. The molecule has 2 unspecified atom stereocenters. The summed E-state index contributed by atoms with van der Waals surface area (Å²) < 4.78 is 5.36. The van der Waals surface area contributed by atoms with Crippen molar-refractivity contribution in [1.29, 1.82) is 0 Å². The van der Waals surface area contributed by atoms with Gasteiger partial charge in [-0.25, -0.2) is 0 Å². The highest BCUT2D eigenvalue weighted by molar-refractivity contribution is 5.92. The van der Waals surface area contributed by atoms with Crippen LogP contribution in [0.15, 0.2) is 54.6 Å². The standard InChI is InChI=1S/C23H28N2O2/c1-17-9-11-22(27-3)20(15-17)10-12-23(26)24-21-13-14-25(16-21)18(2)19-7-5-4-6-8-19/h4-12,15,18,21H,13-14,16H2,1-3H3,(H,24,26)/b12-10+. The van der Waals surface area contributed by atoms with Crippen LogP contribution in [-0.4, -0.2) is 37.0 Å². The lowest BCUT2D eigenvalue weighted by Crippen LogP contribution is -2.36. The molecule has 0 spiro atoms. The first-order chi connectivity index (χ1) is 13.1. The lowest BCUT2D eigenvalue weighted by molar-refractivity contribution is -0.117. The van der Waals surface area contributed by atoms with Gasteiger partial charge in [0.1, 0.15) is 5.75 Å². The Morgan fingerprint density at radius 3 is 2.78 bits per heavy atom. The summed E-state index contributed by atoms with van der Waals surface area (Å²) in [5, 5.41) is 3.13. The second-order valence-corrected chi connectivity index (χ2v) is 7.15. The summed E-state index contributed by atoms with van der Waals surface area (Å²) in [4.78, 5) is 14.8. The summed E-state index contributed by atoms with van der Waals surface area (Å²) in [6.07, 6.45) is 4.39. The Labute approximate surface area is 161 Å². The van der Waals surface area contributed by atoms with Gasteiger partial charge in [0.25, 0.3) is 0 Å². The highest BCUT2D eigenvalue weighted by Gasteiger charge is 2.27. The molecule has 3 rings (SSSR count). The van der Waals surface area contributed by atoms with Crippen molar-refractivity contribution in [3.05, 3.63) is 71.3 Å². The Kier molecular flexibility index (Phi) is 6.30. The molecule has 27 heavy (non-hydrogen) atoms. The monoisotopic (exact) mass is 364 g/mol. The van der Waals surface area contributed by atoms with E-state index < -0.39 is 0 Å². The van der Waals surface area contributed by atoms with Crippen molar-refractivity contribution in [2.45, 2.75) is 32.4 Å². The largest absolute Gasteiger partial charge is 0.496 e. The first kappa shape index (κ1) is 19.2. The molecule has 2 atom stereocenters. The van der Waals surface area contributed by atoms with E-state index in [2.05, 4.69) is 41.4 Å². The molecule has 1 fully saturated rings. The van der Waals surface area contributed by atoms with Gasteiger partial charge in [-0.15, -0.1) is 0 Å². The normalized spacial score (nSPS) is 18.6. The van der Waals surface area contributed by atoms with E-state index >= 15 is 0 Å². The number of aryl methyl sites for hydroxylation is 1. The highest BCUT2D eigenvalue weighted by atomic mass is 16.5. The zero-order valence-corrected chi connectivity index (χ0v) is 16.3. The zero-order valence-electron chi connectivity index (χ0n) is 16.3. The number of likely N-dealkylation sites (tertiary alicyclic amines) is 1. The third-order valence-electron chi connectivity index (χ3n) is 5.20. The molecule has 1 N–H and O–H groups in total. The molecular weight excluding hydrogens is 336 g/mol. The van der Waals surface area contributed by atoms with Crippen LogP contribution < -0.4 is 10.1 Å². The minimum Gasteiger partial charge on any atom is -0.496 e. The number of nitrogens with one attached hydrogen (secondary N) is 1. The summed E-state index contributed by atoms with van der Waals surface area (Å²) in [5.74, 6) is 0.714. The van der Waals surface area contributed by atoms with Crippen molar-refractivity contribution < 1.29 is 9.53 Å². The molecule has 1 amide bonds. The van der Waals surface area contributed by atoms with Gasteiger partial charge in [-0.2, -0.15) is 0 Å². The van der Waals surface area contributed by atoms with Crippen LogP contribution in [0.5, 0.6) is 5.75 Å². The zero-order chi connectivity index (χ0) is 19.2. The third kappa shape index (κ3) is 4.98. The molecule has 1 heterocycles. The van der Waals surface area contributed by atoms with E-state index in [9.17, 15) is 4.79 Å². The predicted molar refractivity (Wildman–Crippen MR) is 110 cm³/mol. The molecule has 2 aromatic carbocycles. The fraction of sp³-hybridized carbons (Fsp3) is 0.348. The van der Waals surface area contributed by atoms with Gasteiger partial charge in [-0.1, -0.05) is 42.0 Å². The summed E-state index contributed by atoms with van der Waals surface area (Å²) >= 11 is 0. The number of ether oxygens (including phenoxy) is 1. The average Bonchev–Trinajstić information content (AvgIpc) is 3.15. The Morgan fingerprint density at radius 2 is 2.04 bits per heavy atom. The van der Waals surface area contributed by atoms with Gasteiger partial charge >= 0.3 is 0 Å². The van der Waals surface area contributed by atoms with Gasteiger partial charge < -0.3 is 10.1 Å². The second kappa shape index (κ2) is 8.87. The number of carbonyl (C=O) groups excluding carboxylic acids is 1. The number of hydrogen-bond donors (Lipinski definition) is 1. The van der Waals surface area contributed by atoms with E-state index in [0.29, 0.717) is 6.04 Å². The van der Waals surface area contributed by atoms with Crippen LogP contribution in [0, 0.1) is 6.92 Å². The molecule has 0 aliphatic carbocycles. The van der Waals surface area contributed by atoms with E-state index in [1.807, 2.05) is 37.3 Å². The number of nitrogens with zero attached hydrogens (tertiary/aromatic N) is 1. The first-order valence-corrected chi connectivity index (χ1v) is 9.49. The number of rotatable bonds is 6. The molecule has 2 aromatic rings. The molecule has 142 valence electrons. The van der Waals surface area contributed by atoms with Crippen LogP contribution in [0.2, 0.25) is 0 Å². The molecular formula is C23H28N2O2. The van der Waals surface area contributed by atoms with Crippen molar-refractivity contribution in [1.82, 2.24) is 10.2 Å². The molecule has 4 heteroatoms. The van der Waals surface area contributed by atoms with Crippen molar-refractivity contribution >= 4 is 12.0 Å². The van der Waals surface area contributed by atoms with Gasteiger partial charge in [-0.3, -0.25) is 9.69 Å². The number of amides is 1. The molecule has 0 radical (unpaired) electrons. The van der Waals surface area contributed by atoms with Crippen LogP contribution in [0.1, 0.15) is 36.1 Å². The van der Waals surface area contributed by atoms with Gasteiger partial charge in [0.15, 0.2) is 0 Å². The van der Waals surface area contributed by atoms with Gasteiger partial charge in [0.05, 0.1) is 7.11 Å². The fourth-order valence-electron chi connectivity index (χ4n) is 3.60. The van der Waals surface area contributed by atoms with E-state index in [1.54, 1.807) is 13.2 Å². The minimum atomic E-state index is -0.0576. The van der Waals surface area contributed by atoms with Crippen LogP contribution in [-0.2, 0) is 4.79 Å². The SMILES string of the molecule is COc1ccc(C)cc1/C=C/C(=O)NC1CCN(C(C)c2ccccc2)C1. The quantitative estimate of drug-likeness (QED) is 0.789. The maximum Gasteiger partial charge on any atom is 0.244 e. The molecule has 1 aliphatic rings. The van der Waals surface area contributed by atoms with E-state index in [4.69, 9.17) is 4.74 Å². The van der Waals surface area contributed by atoms with Crippen LogP contribution >= 0.6 is 0 Å². The summed E-state index contributed by atoms with van der Waals surface area (Å²) in [6, 6.07) is 17.0. The maximum atomic E-state index is 12.3. The van der Waals surface area contributed by atoms with Crippen LogP contribution in [0.3, 0.4) is 0 Å². The minimum absolute atomic E-state index is 0.0576. The van der Waals surface area contributed by atoms with E-state index in [-0.39, 0.29) is 11.9 Å². The second-order valence-electron chi connectivity index (χ2n) is 7.15. The maximum absolute atomic E-state index is 12.3. The summed E-state index contributed by atoms with van der Waals surface area (Å²) in [5.41, 5.74) is 3.37. The third-order valence-corrected chi connectivity index (χ3v) is 5.20. The van der Waals surface area contributed by atoms with Crippen LogP contribution in [0.4, 0.5) is 0 Å². The van der Waals surface area contributed by atoms with Crippen molar-refractivity contribution in [3.63, 3.8) is 0 Å². The predicted octanol–water partition coefficient (Wildman–Crippen LogP) is 3.97. The Bertz CT molecular complexity index is 801. The first-order valence-electron chi connectivity index (χ1n) is 9.49. The van der Waals surface area contributed by atoms with Crippen LogP contribution in [0.25, 0.3) is 6.08 Å². The molecule has 1 saturated heterocycles. The lowest BCUT2D eigenvalue weighted by Gasteiger charge is -2.24. The van der Waals surface area contributed by atoms with E-state index in [0.717, 1.165) is 36.4 Å². The lowest BCUT2D eigenvalue weighted by atomic mass is 10.1. The van der Waals surface area contributed by atoms with Crippen molar-refractivity contribution in [2.75, 3.05) is 20.2 Å². The van der Waals surface area contributed by atoms with Gasteiger partial charge in [0, 0.05) is 36.8 Å². The molecule has 0 aromatic heterocycles. The van der Waals surface area contributed by atoms with Crippen molar-refractivity contribution in [2.24, 2.45) is 0 Å². The smallest absolute Gasteiger partial charge is 0.244 e. The molecule has 1 aliphatic heterocycles. The van der Waals surface area contributed by atoms with E-state index in [1.165, 1.54) is 5.56 Å². The summed E-state index contributed by atoms with van der Waals surface area (Å²) in [7, 11) is 1.64. The molecule has 4 nitrogen and oxygen atoms in total. The number of methoxy groups -OCH3 is 1.